The monoisotopic (exact) mass is 201 g/mol. The van der Waals surface area contributed by atoms with E-state index in [9.17, 15) is 0 Å². The van der Waals surface area contributed by atoms with Gasteiger partial charge in [-0.3, -0.25) is 0 Å². The van der Waals surface area contributed by atoms with E-state index in [0.29, 0.717) is 5.88 Å². The van der Waals surface area contributed by atoms with E-state index in [1.54, 1.807) is 0 Å². The van der Waals surface area contributed by atoms with Crippen LogP contribution in [0.1, 0.15) is 20.8 Å². The average molecular weight is 202 g/mol. The van der Waals surface area contributed by atoms with E-state index < -0.39 is 0 Å². The van der Waals surface area contributed by atoms with E-state index in [0.717, 1.165) is 0 Å². The van der Waals surface area contributed by atoms with Gasteiger partial charge in [0.2, 0.25) is 11.8 Å². The van der Waals surface area contributed by atoms with Crippen LogP contribution in [0.3, 0.4) is 0 Å². The summed E-state index contributed by atoms with van der Waals surface area (Å²) in [6.07, 6.45) is 0. The quantitative estimate of drug-likeness (QED) is 0.705. The summed E-state index contributed by atoms with van der Waals surface area (Å²) in [4.78, 5) is 7.60. The highest BCUT2D eigenvalue weighted by molar-refractivity contribution is 6.29. The highest BCUT2D eigenvalue weighted by Gasteiger charge is 2.13. The zero-order valence-corrected chi connectivity index (χ0v) is 8.59. The molecule has 72 valence electrons. The summed E-state index contributed by atoms with van der Waals surface area (Å²) < 4.78 is 5.45. The van der Waals surface area contributed by atoms with Gasteiger partial charge in [0.05, 0.1) is 0 Å². The first-order valence-electron chi connectivity index (χ1n) is 3.86. The lowest BCUT2D eigenvalue weighted by Crippen LogP contribution is -2.23. The number of ether oxygens (including phenoxy) is 1. The molecule has 5 heteroatoms. The summed E-state index contributed by atoms with van der Waals surface area (Å²) in [5, 5.41) is 0.284. The van der Waals surface area contributed by atoms with Crippen LogP contribution in [0.25, 0.3) is 0 Å². The van der Waals surface area contributed by atoms with Crippen LogP contribution in [0.2, 0.25) is 5.15 Å². The number of halogens is 1. The third-order valence-electron chi connectivity index (χ3n) is 1.10. The lowest BCUT2D eigenvalue weighted by atomic mass is 10.2. The lowest BCUT2D eigenvalue weighted by Gasteiger charge is -2.20. The second kappa shape index (κ2) is 3.38. The number of nitrogen functional groups attached to an aromatic ring is 1. The SMILES string of the molecule is CC(C)(C)Oc1cc(Cl)nc(N)n1. The number of aromatic nitrogens is 2. The Labute approximate surface area is 82.1 Å². The summed E-state index contributed by atoms with van der Waals surface area (Å²) >= 11 is 5.67. The molecule has 0 aliphatic rings. The van der Waals surface area contributed by atoms with Gasteiger partial charge in [0.1, 0.15) is 10.8 Å². The summed E-state index contributed by atoms with van der Waals surface area (Å²) in [6, 6.07) is 1.53. The molecule has 0 unspecified atom stereocenters. The van der Waals surface area contributed by atoms with E-state index in [2.05, 4.69) is 9.97 Å². The van der Waals surface area contributed by atoms with Crippen molar-refractivity contribution in [2.45, 2.75) is 26.4 Å². The van der Waals surface area contributed by atoms with Crippen molar-refractivity contribution in [3.63, 3.8) is 0 Å². The third-order valence-corrected chi connectivity index (χ3v) is 1.29. The van der Waals surface area contributed by atoms with Gasteiger partial charge in [0, 0.05) is 6.07 Å². The maximum atomic E-state index is 5.67. The van der Waals surface area contributed by atoms with Crippen molar-refractivity contribution < 1.29 is 4.74 Å². The zero-order chi connectivity index (χ0) is 10.1. The van der Waals surface area contributed by atoms with E-state index in [4.69, 9.17) is 22.1 Å². The third kappa shape index (κ3) is 3.46. The minimum absolute atomic E-state index is 0.117. The molecule has 1 rings (SSSR count). The summed E-state index contributed by atoms with van der Waals surface area (Å²) in [5.41, 5.74) is 5.08. The van der Waals surface area contributed by atoms with Crippen molar-refractivity contribution in [3.05, 3.63) is 11.2 Å². The maximum Gasteiger partial charge on any atom is 0.224 e. The number of rotatable bonds is 1. The number of nitrogens with two attached hydrogens (primary N) is 1. The molecule has 0 fully saturated rings. The zero-order valence-electron chi connectivity index (χ0n) is 7.84. The predicted octanol–water partition coefficient (Wildman–Crippen LogP) is 1.89. The van der Waals surface area contributed by atoms with Crippen LogP contribution >= 0.6 is 11.6 Å². The maximum absolute atomic E-state index is 5.67. The molecule has 2 N–H and O–H groups in total. The Bertz CT molecular complexity index is 288. The van der Waals surface area contributed by atoms with E-state index in [1.807, 2.05) is 20.8 Å². The number of anilines is 1. The Morgan fingerprint density at radius 3 is 2.46 bits per heavy atom. The standard InChI is InChI=1S/C8H12ClN3O/c1-8(2,3)13-6-4-5(9)11-7(10)12-6/h4H,1-3H3,(H2,10,11,12). The average Bonchev–Trinajstić information content (AvgIpc) is 1.78. The molecular weight excluding hydrogens is 190 g/mol. The van der Waals surface area contributed by atoms with Gasteiger partial charge in [-0.15, -0.1) is 0 Å². The smallest absolute Gasteiger partial charge is 0.224 e. The fraction of sp³-hybridized carbons (Fsp3) is 0.500. The Balaban J connectivity index is 2.90. The molecule has 0 atom stereocenters. The van der Waals surface area contributed by atoms with Crippen molar-refractivity contribution in [2.75, 3.05) is 5.73 Å². The van der Waals surface area contributed by atoms with Crippen LogP contribution < -0.4 is 10.5 Å². The molecule has 1 heterocycles. The van der Waals surface area contributed by atoms with Crippen molar-refractivity contribution >= 4 is 17.5 Å². The molecular formula is C8H12ClN3O. The number of nitrogens with zero attached hydrogens (tertiary/aromatic N) is 2. The topological polar surface area (TPSA) is 61.0 Å². The summed E-state index contributed by atoms with van der Waals surface area (Å²) in [7, 11) is 0. The van der Waals surface area contributed by atoms with Crippen LogP contribution in [-0.4, -0.2) is 15.6 Å². The number of hydrogen-bond acceptors (Lipinski definition) is 4. The number of hydrogen-bond donors (Lipinski definition) is 1. The van der Waals surface area contributed by atoms with E-state index in [1.165, 1.54) is 6.07 Å². The van der Waals surface area contributed by atoms with Crippen molar-refractivity contribution in [3.8, 4) is 5.88 Å². The van der Waals surface area contributed by atoms with E-state index in [-0.39, 0.29) is 16.7 Å². The Morgan fingerprint density at radius 1 is 1.38 bits per heavy atom. The minimum atomic E-state index is -0.315. The molecule has 0 aliphatic carbocycles. The Kier molecular flexibility index (Phi) is 2.61. The lowest BCUT2D eigenvalue weighted by molar-refractivity contribution is 0.124. The van der Waals surface area contributed by atoms with Gasteiger partial charge in [0.15, 0.2) is 0 Å². The van der Waals surface area contributed by atoms with Crippen LogP contribution in [0.4, 0.5) is 5.95 Å². The Hall–Kier alpha value is -1.03. The first-order chi connectivity index (χ1) is 5.87. The van der Waals surface area contributed by atoms with Gasteiger partial charge in [-0.25, -0.2) is 4.98 Å². The molecule has 4 nitrogen and oxygen atoms in total. The molecule has 0 saturated heterocycles. The molecule has 0 saturated carbocycles. The van der Waals surface area contributed by atoms with E-state index >= 15 is 0 Å². The largest absolute Gasteiger partial charge is 0.472 e. The first kappa shape index (κ1) is 10.1. The fourth-order valence-electron chi connectivity index (χ4n) is 0.780. The van der Waals surface area contributed by atoms with Crippen LogP contribution in [-0.2, 0) is 0 Å². The Morgan fingerprint density at radius 2 is 2.00 bits per heavy atom. The normalized spacial score (nSPS) is 11.4. The molecule has 1 aromatic heterocycles. The molecule has 0 amide bonds. The molecule has 0 bridgehead atoms. The van der Waals surface area contributed by atoms with Gasteiger partial charge >= 0.3 is 0 Å². The highest BCUT2D eigenvalue weighted by Crippen LogP contribution is 2.19. The minimum Gasteiger partial charge on any atom is -0.472 e. The summed E-state index contributed by atoms with van der Waals surface area (Å²) in [5.74, 6) is 0.511. The van der Waals surface area contributed by atoms with Crippen molar-refractivity contribution in [1.29, 1.82) is 0 Å². The van der Waals surface area contributed by atoms with Crippen LogP contribution in [0.15, 0.2) is 6.07 Å². The van der Waals surface area contributed by atoms with Crippen molar-refractivity contribution in [2.24, 2.45) is 0 Å². The molecule has 0 spiro atoms. The summed E-state index contributed by atoms with van der Waals surface area (Å²) in [6.45, 7) is 5.75. The molecule has 13 heavy (non-hydrogen) atoms. The van der Waals surface area contributed by atoms with Gasteiger partial charge < -0.3 is 10.5 Å². The first-order valence-corrected chi connectivity index (χ1v) is 4.24. The molecule has 0 aromatic carbocycles. The molecule has 1 aromatic rings. The van der Waals surface area contributed by atoms with Gasteiger partial charge in [-0.1, -0.05) is 11.6 Å². The molecule has 0 aliphatic heterocycles. The van der Waals surface area contributed by atoms with Crippen LogP contribution in [0, 0.1) is 0 Å². The van der Waals surface area contributed by atoms with Gasteiger partial charge in [0.25, 0.3) is 0 Å². The van der Waals surface area contributed by atoms with Crippen LogP contribution in [0.5, 0.6) is 5.88 Å². The molecule has 0 radical (unpaired) electrons. The fourth-order valence-corrected chi connectivity index (χ4v) is 0.960. The second-order valence-electron chi connectivity index (χ2n) is 3.60. The highest BCUT2D eigenvalue weighted by atomic mass is 35.5. The van der Waals surface area contributed by atoms with Gasteiger partial charge in [-0.2, -0.15) is 4.98 Å². The van der Waals surface area contributed by atoms with Crippen molar-refractivity contribution in [1.82, 2.24) is 9.97 Å². The van der Waals surface area contributed by atoms with Gasteiger partial charge in [-0.05, 0) is 20.8 Å². The predicted molar refractivity (Wildman–Crippen MR) is 51.8 cm³/mol. The second-order valence-corrected chi connectivity index (χ2v) is 3.99.